The van der Waals surface area contributed by atoms with E-state index in [1.807, 2.05) is 6.07 Å². The lowest BCUT2D eigenvalue weighted by atomic mass is 9.95. The van der Waals surface area contributed by atoms with Crippen LogP contribution in [0, 0.1) is 11.8 Å². The molecular formula is C46H92N8O2. The SMILES string of the molecule is C1CCCNCC1.C1CCN(C2CCNCC2)CC1.C1CCNC1.C1COCCN1.CC1CCNCC1.CCNCc1ccccc1.OCCC1CCNCC1. The van der Waals surface area contributed by atoms with Crippen molar-refractivity contribution >= 4 is 0 Å². The highest BCUT2D eigenvalue weighted by Crippen LogP contribution is 2.18. The molecule has 8 N–H and O–H groups in total. The lowest BCUT2D eigenvalue weighted by Gasteiger charge is -2.36. The second-order valence-electron chi connectivity index (χ2n) is 16.5. The molecule has 0 atom stereocenters. The third kappa shape index (κ3) is 30.8. The largest absolute Gasteiger partial charge is 0.396 e. The van der Waals surface area contributed by atoms with Gasteiger partial charge in [0.1, 0.15) is 0 Å². The number of benzene rings is 1. The van der Waals surface area contributed by atoms with Crippen molar-refractivity contribution in [2.75, 3.05) is 118 Å². The number of hydrogen-bond donors (Lipinski definition) is 8. The molecule has 0 spiro atoms. The van der Waals surface area contributed by atoms with E-state index in [1.165, 1.54) is 167 Å². The highest BCUT2D eigenvalue weighted by Gasteiger charge is 2.21. The van der Waals surface area contributed by atoms with Crippen LogP contribution >= 0.6 is 0 Å². The first-order valence-corrected chi connectivity index (χ1v) is 23.6. The summed E-state index contributed by atoms with van der Waals surface area (Å²) in [5.41, 5.74) is 1.35. The normalized spacial score (nSPS) is 22.4. The molecule has 0 radical (unpaired) electrons. The Morgan fingerprint density at radius 3 is 1.50 bits per heavy atom. The lowest BCUT2D eigenvalue weighted by Crippen LogP contribution is -2.45. The fraction of sp³-hybridized carbons (Fsp3) is 0.870. The Hall–Kier alpha value is -1.18. The molecule has 328 valence electrons. The molecule has 10 heteroatoms. The Bertz CT molecular complexity index is 842. The van der Waals surface area contributed by atoms with Crippen molar-refractivity contribution in [1.29, 1.82) is 0 Å². The van der Waals surface area contributed by atoms with E-state index in [4.69, 9.17) is 9.84 Å². The van der Waals surface area contributed by atoms with E-state index in [1.54, 1.807) is 0 Å². The van der Waals surface area contributed by atoms with Crippen LogP contribution in [0.3, 0.4) is 0 Å². The molecule has 0 saturated carbocycles. The second-order valence-corrected chi connectivity index (χ2v) is 16.5. The fourth-order valence-corrected chi connectivity index (χ4v) is 7.76. The zero-order valence-corrected chi connectivity index (χ0v) is 36.7. The minimum atomic E-state index is 0.366. The van der Waals surface area contributed by atoms with Crippen LogP contribution in [0.15, 0.2) is 30.3 Å². The maximum absolute atomic E-state index is 8.60. The van der Waals surface area contributed by atoms with Gasteiger partial charge >= 0.3 is 0 Å². The highest BCUT2D eigenvalue weighted by molar-refractivity contribution is 5.14. The molecular weight excluding hydrogens is 697 g/mol. The summed E-state index contributed by atoms with van der Waals surface area (Å²) in [6, 6.07) is 11.3. The molecule has 7 fully saturated rings. The molecule has 7 saturated heterocycles. The third-order valence-corrected chi connectivity index (χ3v) is 11.5. The Labute approximate surface area is 346 Å². The predicted octanol–water partition coefficient (Wildman–Crippen LogP) is 5.52. The van der Waals surface area contributed by atoms with E-state index in [-0.39, 0.29) is 0 Å². The topological polar surface area (TPSA) is 117 Å². The molecule has 10 nitrogen and oxygen atoms in total. The Morgan fingerprint density at radius 2 is 1.05 bits per heavy atom. The number of nitrogens with zero attached hydrogens (tertiary/aromatic N) is 1. The van der Waals surface area contributed by atoms with Crippen molar-refractivity contribution in [3.05, 3.63) is 35.9 Å². The number of likely N-dealkylation sites (tertiary alicyclic amines) is 1. The number of piperidine rings is 4. The molecule has 0 unspecified atom stereocenters. The quantitative estimate of drug-likeness (QED) is 0.188. The van der Waals surface area contributed by atoms with Crippen LogP contribution in [0.4, 0.5) is 0 Å². The van der Waals surface area contributed by atoms with Gasteiger partial charge in [0.15, 0.2) is 0 Å². The first-order chi connectivity index (χ1) is 27.7. The van der Waals surface area contributed by atoms with E-state index < -0.39 is 0 Å². The monoisotopic (exact) mass is 789 g/mol. The van der Waals surface area contributed by atoms with Crippen LogP contribution in [0.5, 0.6) is 0 Å². The average Bonchev–Trinajstić information content (AvgIpc) is 3.74. The summed E-state index contributed by atoms with van der Waals surface area (Å²) < 4.78 is 5.01. The third-order valence-electron chi connectivity index (χ3n) is 11.5. The molecule has 7 aliphatic rings. The van der Waals surface area contributed by atoms with E-state index in [0.717, 1.165) is 76.8 Å². The number of rotatable bonds is 6. The van der Waals surface area contributed by atoms with Gasteiger partial charge in [-0.2, -0.15) is 0 Å². The maximum atomic E-state index is 8.60. The van der Waals surface area contributed by atoms with E-state index in [9.17, 15) is 0 Å². The van der Waals surface area contributed by atoms with Gasteiger partial charge < -0.3 is 52.0 Å². The first kappa shape index (κ1) is 51.0. The summed E-state index contributed by atoms with van der Waals surface area (Å²) in [6.07, 6.45) is 21.8. The minimum Gasteiger partial charge on any atom is -0.396 e. The van der Waals surface area contributed by atoms with E-state index in [2.05, 4.69) is 80.2 Å². The Balaban J connectivity index is 0.000000230. The van der Waals surface area contributed by atoms with E-state index in [0.29, 0.717) is 6.61 Å². The zero-order valence-electron chi connectivity index (χ0n) is 36.7. The molecule has 7 heterocycles. The standard InChI is InChI=1S/C10H20N2.C9H13N.C7H15NO.2C6H13N.C4H9NO.C4H9N/c1-2-8-12(9-3-1)10-4-6-11-7-5-10;1-2-10-8-9-6-4-3-5-7-9;9-6-3-7-1-4-8-5-2-7;1-6-2-4-7-5-3-6;1-2-4-6-7-5-3-1;1-3-6-4-2-5-1;1-2-4-5-3-1/h10-11H,1-9H2;3-7,10H,2,8H2,1H3;7-9H,1-6H2;6-7H,2-5H2,1H3;7H,1-6H2;5H,1-4H2;5H,1-4H2. The number of nitrogens with one attached hydrogen (secondary N) is 7. The Kier molecular flexibility index (Phi) is 35.8. The van der Waals surface area contributed by atoms with Gasteiger partial charge in [0.25, 0.3) is 0 Å². The molecule has 1 aromatic rings. The van der Waals surface area contributed by atoms with Gasteiger partial charge in [-0.1, -0.05) is 63.4 Å². The van der Waals surface area contributed by atoms with Gasteiger partial charge in [-0.15, -0.1) is 0 Å². The first-order valence-electron chi connectivity index (χ1n) is 23.6. The highest BCUT2D eigenvalue weighted by atomic mass is 16.5. The van der Waals surface area contributed by atoms with Gasteiger partial charge in [-0.25, -0.2) is 0 Å². The van der Waals surface area contributed by atoms with Crippen molar-refractivity contribution in [2.24, 2.45) is 11.8 Å². The van der Waals surface area contributed by atoms with Crippen molar-refractivity contribution in [2.45, 2.75) is 129 Å². The molecule has 0 aliphatic carbocycles. The summed E-state index contributed by atoms with van der Waals surface area (Å²) in [4.78, 5) is 2.71. The van der Waals surface area contributed by atoms with Crippen molar-refractivity contribution in [1.82, 2.24) is 42.1 Å². The van der Waals surface area contributed by atoms with Crippen LogP contribution < -0.4 is 37.2 Å². The summed E-state index contributed by atoms with van der Waals surface area (Å²) >= 11 is 0. The van der Waals surface area contributed by atoms with Gasteiger partial charge in [-0.3, -0.25) is 0 Å². The van der Waals surface area contributed by atoms with Crippen molar-refractivity contribution < 1.29 is 9.84 Å². The molecule has 0 aromatic heterocycles. The summed E-state index contributed by atoms with van der Waals surface area (Å²) in [5, 5.41) is 31.6. The maximum Gasteiger partial charge on any atom is 0.0591 e. The zero-order chi connectivity index (χ0) is 39.8. The molecule has 8 rings (SSSR count). The number of morpholine rings is 1. The summed E-state index contributed by atoms with van der Waals surface area (Å²) in [6.45, 7) is 25.6. The van der Waals surface area contributed by atoms with Crippen LogP contribution in [-0.4, -0.2) is 134 Å². The lowest BCUT2D eigenvalue weighted by molar-refractivity contribution is 0.109. The predicted molar refractivity (Wildman–Crippen MR) is 241 cm³/mol. The van der Waals surface area contributed by atoms with E-state index >= 15 is 0 Å². The number of ether oxygens (including phenoxy) is 1. The molecule has 0 amide bonds. The van der Waals surface area contributed by atoms with Gasteiger partial charge in [-0.05, 0) is 186 Å². The molecule has 7 aliphatic heterocycles. The molecule has 1 aromatic carbocycles. The van der Waals surface area contributed by atoms with Crippen molar-refractivity contribution in [3.63, 3.8) is 0 Å². The van der Waals surface area contributed by atoms with Gasteiger partial charge in [0.2, 0.25) is 0 Å². The molecule has 0 bridgehead atoms. The fourth-order valence-electron chi connectivity index (χ4n) is 7.76. The van der Waals surface area contributed by atoms with Crippen LogP contribution in [-0.2, 0) is 11.3 Å². The van der Waals surface area contributed by atoms with Crippen LogP contribution in [0.25, 0.3) is 0 Å². The molecule has 56 heavy (non-hydrogen) atoms. The summed E-state index contributed by atoms with van der Waals surface area (Å²) in [5.74, 6) is 1.76. The van der Waals surface area contributed by atoms with Gasteiger partial charge in [0.05, 0.1) is 13.2 Å². The summed E-state index contributed by atoms with van der Waals surface area (Å²) in [7, 11) is 0. The van der Waals surface area contributed by atoms with Crippen LogP contribution in [0.1, 0.15) is 122 Å². The number of aliphatic hydroxyl groups excluding tert-OH is 1. The van der Waals surface area contributed by atoms with Gasteiger partial charge in [0, 0.05) is 32.3 Å². The second kappa shape index (κ2) is 39.3. The van der Waals surface area contributed by atoms with Crippen molar-refractivity contribution in [3.8, 4) is 0 Å². The number of aliphatic hydroxyl groups is 1. The minimum absolute atomic E-state index is 0.366. The van der Waals surface area contributed by atoms with Crippen LogP contribution in [0.2, 0.25) is 0 Å². The average molecular weight is 789 g/mol. The number of hydrogen-bond acceptors (Lipinski definition) is 10. The Morgan fingerprint density at radius 1 is 0.589 bits per heavy atom. The smallest absolute Gasteiger partial charge is 0.0591 e.